The number of aliphatic carboxylic acids is 1. The van der Waals surface area contributed by atoms with Crippen molar-refractivity contribution in [2.75, 3.05) is 13.2 Å². The molecule has 1 aliphatic carbocycles. The van der Waals surface area contributed by atoms with Crippen molar-refractivity contribution in [1.29, 1.82) is 0 Å². The molecule has 190 valence electrons. The number of carboxylic acids is 1. The Bertz CT molecular complexity index is 1180. The Morgan fingerprint density at radius 1 is 1.22 bits per heavy atom. The fourth-order valence-electron chi connectivity index (χ4n) is 4.51. The molecule has 0 unspecified atom stereocenters. The van der Waals surface area contributed by atoms with E-state index in [1.54, 1.807) is 12.1 Å². The van der Waals surface area contributed by atoms with Crippen LogP contribution in [0.15, 0.2) is 56.8 Å². The van der Waals surface area contributed by atoms with Gasteiger partial charge in [0.2, 0.25) is 0 Å². The highest BCUT2D eigenvalue weighted by Gasteiger charge is 2.41. The molecule has 9 heteroatoms. The first-order chi connectivity index (χ1) is 17.4. The van der Waals surface area contributed by atoms with Crippen molar-refractivity contribution in [3.05, 3.63) is 57.4 Å². The number of rotatable bonds is 8. The number of hydrogen-bond donors (Lipinski definition) is 1. The summed E-state index contributed by atoms with van der Waals surface area (Å²) in [5.74, 6) is -0.00499. The highest BCUT2D eigenvalue weighted by atomic mass is 79.9. The summed E-state index contributed by atoms with van der Waals surface area (Å²) in [7, 11) is 0. The van der Waals surface area contributed by atoms with Crippen LogP contribution in [-0.2, 0) is 9.59 Å². The standard InChI is InChI=1S/C27H29BrN2O5S/c1-3-34-22-14-18(13-20(28)25(22)35-16-24(31)32)15-23-26(33)30(21-12-8-7-9-17(21)2)27(36-23)29-19-10-5-4-6-11-19/h4-6,10-11,13-15,17,21H,3,7-9,12,16H2,1-2H3,(H,31,32)/b23-15-,29-27?/t17-,21+/m1/s1. The minimum absolute atomic E-state index is 0.0475. The number of hydrogen-bond acceptors (Lipinski definition) is 6. The van der Waals surface area contributed by atoms with Gasteiger partial charge in [-0.25, -0.2) is 9.79 Å². The number of carbonyl (C=O) groups excluding carboxylic acids is 1. The number of nitrogens with zero attached hydrogens (tertiary/aromatic N) is 2. The van der Waals surface area contributed by atoms with E-state index in [1.165, 1.54) is 18.2 Å². The van der Waals surface area contributed by atoms with Crippen LogP contribution in [-0.4, -0.2) is 46.3 Å². The van der Waals surface area contributed by atoms with Gasteiger partial charge in [0.05, 0.1) is 21.7 Å². The lowest BCUT2D eigenvalue weighted by atomic mass is 9.85. The number of aliphatic imine (C=N–C) groups is 1. The summed E-state index contributed by atoms with van der Waals surface area (Å²) in [6.45, 7) is 3.95. The van der Waals surface area contributed by atoms with Gasteiger partial charge in [0.15, 0.2) is 23.3 Å². The lowest BCUT2D eigenvalue weighted by molar-refractivity contribution is -0.139. The van der Waals surface area contributed by atoms with E-state index in [-0.39, 0.29) is 11.9 Å². The molecule has 0 radical (unpaired) electrons. The average Bonchev–Trinajstić information content (AvgIpc) is 3.13. The van der Waals surface area contributed by atoms with Crippen molar-refractivity contribution in [3.63, 3.8) is 0 Å². The summed E-state index contributed by atoms with van der Waals surface area (Å²) in [5.41, 5.74) is 1.55. The zero-order chi connectivity index (χ0) is 25.7. The smallest absolute Gasteiger partial charge is 0.341 e. The van der Waals surface area contributed by atoms with Crippen molar-refractivity contribution < 1.29 is 24.2 Å². The zero-order valence-corrected chi connectivity index (χ0v) is 22.7. The molecule has 1 heterocycles. The third-order valence-corrected chi connectivity index (χ3v) is 7.76. The monoisotopic (exact) mass is 572 g/mol. The molecule has 1 aliphatic heterocycles. The SMILES string of the molecule is CCOc1cc(/C=C2\SC(=Nc3ccccc3)N([C@H]3CCCC[C@H]3C)C2=O)cc(Br)c1OCC(=O)O. The summed E-state index contributed by atoms with van der Waals surface area (Å²) in [5, 5.41) is 9.69. The van der Waals surface area contributed by atoms with Gasteiger partial charge < -0.3 is 14.6 Å². The molecule has 2 aliphatic rings. The Labute approximate surface area is 223 Å². The molecule has 0 bridgehead atoms. The van der Waals surface area contributed by atoms with Crippen molar-refractivity contribution in [3.8, 4) is 11.5 Å². The van der Waals surface area contributed by atoms with Crippen LogP contribution in [0.1, 0.15) is 45.1 Å². The summed E-state index contributed by atoms with van der Waals surface area (Å²) in [6.07, 6.45) is 6.17. The number of amidine groups is 1. The van der Waals surface area contributed by atoms with E-state index < -0.39 is 12.6 Å². The van der Waals surface area contributed by atoms with Crippen molar-refractivity contribution in [2.45, 2.75) is 45.6 Å². The van der Waals surface area contributed by atoms with Crippen molar-refractivity contribution in [2.24, 2.45) is 10.9 Å². The second kappa shape index (κ2) is 12.0. The second-order valence-electron chi connectivity index (χ2n) is 8.79. The maximum absolute atomic E-state index is 13.7. The molecule has 2 aromatic rings. The lowest BCUT2D eigenvalue weighted by Gasteiger charge is -2.35. The molecule has 1 amide bonds. The first kappa shape index (κ1) is 26.3. The Morgan fingerprint density at radius 2 is 1.97 bits per heavy atom. The van der Waals surface area contributed by atoms with Gasteiger partial charge in [0, 0.05) is 6.04 Å². The number of carbonyl (C=O) groups is 2. The molecule has 7 nitrogen and oxygen atoms in total. The van der Waals surface area contributed by atoms with Gasteiger partial charge >= 0.3 is 5.97 Å². The molecule has 0 spiro atoms. The second-order valence-corrected chi connectivity index (χ2v) is 10.7. The number of ether oxygens (including phenoxy) is 2. The van der Waals surface area contributed by atoms with Crippen molar-refractivity contribution >= 4 is 56.5 Å². The van der Waals surface area contributed by atoms with Crippen molar-refractivity contribution in [1.82, 2.24) is 4.90 Å². The van der Waals surface area contributed by atoms with Crippen LogP contribution >= 0.6 is 27.7 Å². The van der Waals surface area contributed by atoms with Gasteiger partial charge in [-0.15, -0.1) is 0 Å². The van der Waals surface area contributed by atoms with Gasteiger partial charge in [-0.3, -0.25) is 9.69 Å². The molecule has 0 aromatic heterocycles. The molecular weight excluding hydrogens is 544 g/mol. The van der Waals surface area contributed by atoms with E-state index in [0.717, 1.165) is 30.5 Å². The number of carboxylic acid groups (broad SMARTS) is 1. The Kier molecular flexibility index (Phi) is 8.74. The number of benzene rings is 2. The summed E-state index contributed by atoms with van der Waals surface area (Å²) in [6, 6.07) is 13.3. The quantitative estimate of drug-likeness (QED) is 0.363. The maximum Gasteiger partial charge on any atom is 0.341 e. The number of halogens is 1. The van der Waals surface area contributed by atoms with E-state index >= 15 is 0 Å². The highest BCUT2D eigenvalue weighted by molar-refractivity contribution is 9.10. The molecule has 1 N–H and O–H groups in total. The van der Waals surface area contributed by atoms with E-state index in [0.29, 0.717) is 38.6 Å². The molecule has 2 atom stereocenters. The van der Waals surface area contributed by atoms with Crippen LogP contribution < -0.4 is 9.47 Å². The molecule has 2 fully saturated rings. The fraction of sp³-hybridized carbons (Fsp3) is 0.370. The molecular formula is C27H29BrN2O5S. The lowest BCUT2D eigenvalue weighted by Crippen LogP contribution is -2.44. The molecule has 1 saturated heterocycles. The van der Waals surface area contributed by atoms with E-state index in [2.05, 4.69) is 22.9 Å². The predicted octanol–water partition coefficient (Wildman–Crippen LogP) is 6.49. The van der Waals surface area contributed by atoms with Gasteiger partial charge in [-0.05, 0) is 89.3 Å². The third-order valence-electron chi connectivity index (χ3n) is 6.19. The Balaban J connectivity index is 1.70. The van der Waals surface area contributed by atoms with E-state index in [1.807, 2.05) is 48.2 Å². The zero-order valence-electron chi connectivity index (χ0n) is 20.3. The van der Waals surface area contributed by atoms with E-state index in [4.69, 9.17) is 19.6 Å². The summed E-state index contributed by atoms with van der Waals surface area (Å²) < 4.78 is 11.7. The maximum atomic E-state index is 13.7. The van der Waals surface area contributed by atoms with Gasteiger partial charge in [-0.1, -0.05) is 38.0 Å². The fourth-order valence-corrected chi connectivity index (χ4v) is 6.13. The predicted molar refractivity (Wildman–Crippen MR) is 146 cm³/mol. The van der Waals surface area contributed by atoms with Gasteiger partial charge in [-0.2, -0.15) is 0 Å². The first-order valence-electron chi connectivity index (χ1n) is 12.0. The number of amides is 1. The first-order valence-corrected chi connectivity index (χ1v) is 13.7. The third kappa shape index (κ3) is 6.13. The highest BCUT2D eigenvalue weighted by Crippen LogP contribution is 2.42. The molecule has 36 heavy (non-hydrogen) atoms. The summed E-state index contributed by atoms with van der Waals surface area (Å²) in [4.78, 5) is 32.0. The normalized spacial score (nSPS) is 22.3. The van der Waals surface area contributed by atoms with Crippen LogP contribution in [0.25, 0.3) is 6.08 Å². The van der Waals surface area contributed by atoms with Crippen LogP contribution in [0.2, 0.25) is 0 Å². The molecule has 2 aromatic carbocycles. The van der Waals surface area contributed by atoms with Crippen LogP contribution in [0, 0.1) is 5.92 Å². The minimum Gasteiger partial charge on any atom is -0.490 e. The topological polar surface area (TPSA) is 88.4 Å². The number of thioether (sulfide) groups is 1. The van der Waals surface area contributed by atoms with Gasteiger partial charge in [0.25, 0.3) is 5.91 Å². The Hall–Kier alpha value is -2.78. The van der Waals surface area contributed by atoms with Crippen LogP contribution in [0.3, 0.4) is 0 Å². The Morgan fingerprint density at radius 3 is 2.67 bits per heavy atom. The van der Waals surface area contributed by atoms with Crippen LogP contribution in [0.5, 0.6) is 11.5 Å². The summed E-state index contributed by atoms with van der Waals surface area (Å²) >= 11 is 4.85. The van der Waals surface area contributed by atoms with E-state index in [9.17, 15) is 9.59 Å². The molecule has 1 saturated carbocycles. The minimum atomic E-state index is -1.08. The largest absolute Gasteiger partial charge is 0.490 e. The number of para-hydroxylation sites is 1. The molecule has 4 rings (SSSR count). The van der Waals surface area contributed by atoms with Crippen LogP contribution in [0.4, 0.5) is 5.69 Å². The van der Waals surface area contributed by atoms with Gasteiger partial charge in [0.1, 0.15) is 0 Å². The average molecular weight is 574 g/mol.